The van der Waals surface area contributed by atoms with Gasteiger partial charge >= 0.3 is 0 Å². The maximum atomic E-state index is 12.6. The summed E-state index contributed by atoms with van der Waals surface area (Å²) < 4.78 is 16.7. The molecule has 2 aliphatic rings. The molecule has 6 nitrogen and oxygen atoms in total. The van der Waals surface area contributed by atoms with Gasteiger partial charge < -0.3 is 14.2 Å². The molecule has 1 aliphatic heterocycles. The highest BCUT2D eigenvalue weighted by Crippen LogP contribution is 2.25. The summed E-state index contributed by atoms with van der Waals surface area (Å²) >= 11 is 0. The molecule has 1 aliphatic carbocycles. The summed E-state index contributed by atoms with van der Waals surface area (Å²) in [4.78, 5) is 17.0. The number of amides is 1. The molecule has 6 heteroatoms. The zero-order chi connectivity index (χ0) is 21.5. The van der Waals surface area contributed by atoms with Crippen molar-refractivity contribution in [1.82, 2.24) is 10.3 Å². The number of allylic oxidation sites excluding steroid dienone is 4. The Balaban J connectivity index is 1.36. The van der Waals surface area contributed by atoms with Crippen LogP contribution in [0.5, 0.6) is 5.75 Å². The summed E-state index contributed by atoms with van der Waals surface area (Å²) in [5.74, 6) is 1.37. The van der Waals surface area contributed by atoms with Crippen molar-refractivity contribution in [2.75, 3.05) is 6.61 Å². The first-order valence-electron chi connectivity index (χ1n) is 10.3. The molecule has 0 radical (unpaired) electrons. The van der Waals surface area contributed by atoms with E-state index in [9.17, 15) is 4.79 Å². The molecule has 0 saturated heterocycles. The lowest BCUT2D eigenvalue weighted by Crippen LogP contribution is -2.25. The van der Waals surface area contributed by atoms with Crippen LogP contribution < -0.4 is 10.1 Å². The third kappa shape index (κ3) is 5.42. The van der Waals surface area contributed by atoms with Crippen LogP contribution in [0.3, 0.4) is 0 Å². The number of hydrogen-bond acceptors (Lipinski definition) is 5. The van der Waals surface area contributed by atoms with Crippen molar-refractivity contribution in [2.45, 2.75) is 26.2 Å². The van der Waals surface area contributed by atoms with Gasteiger partial charge in [0, 0.05) is 18.2 Å². The van der Waals surface area contributed by atoms with Gasteiger partial charge in [-0.1, -0.05) is 35.9 Å². The van der Waals surface area contributed by atoms with Crippen molar-refractivity contribution < 1.29 is 19.0 Å². The second kappa shape index (κ2) is 9.80. The Morgan fingerprint density at radius 2 is 2.16 bits per heavy atom. The van der Waals surface area contributed by atoms with Gasteiger partial charge in [0.05, 0.1) is 17.9 Å². The maximum absolute atomic E-state index is 12.6. The lowest BCUT2D eigenvalue weighted by molar-refractivity contribution is 0.0922. The number of rotatable bonds is 7. The minimum absolute atomic E-state index is 0.253. The van der Waals surface area contributed by atoms with Crippen molar-refractivity contribution in [3.05, 3.63) is 96.1 Å². The lowest BCUT2D eigenvalue weighted by atomic mass is 10.0. The molecule has 0 bridgehead atoms. The van der Waals surface area contributed by atoms with Crippen LogP contribution in [0.2, 0.25) is 0 Å². The molecule has 0 saturated carbocycles. The summed E-state index contributed by atoms with van der Waals surface area (Å²) in [6.07, 6.45) is 13.4. The molecule has 0 fully saturated rings. The van der Waals surface area contributed by atoms with Gasteiger partial charge in [-0.2, -0.15) is 0 Å². The fourth-order valence-corrected chi connectivity index (χ4v) is 3.31. The minimum atomic E-state index is -0.321. The first-order valence-corrected chi connectivity index (χ1v) is 10.3. The first kappa shape index (κ1) is 20.5. The summed E-state index contributed by atoms with van der Waals surface area (Å²) in [6.45, 7) is 2.54. The minimum Gasteiger partial charge on any atom is -0.494 e. The predicted molar refractivity (Wildman–Crippen MR) is 118 cm³/mol. The molecule has 1 aromatic carbocycles. The molecule has 2 heterocycles. The number of carbonyl (C=O) groups excluding carboxylic acids is 1. The second-order valence-corrected chi connectivity index (χ2v) is 7.12. The van der Waals surface area contributed by atoms with Crippen LogP contribution in [0.1, 0.15) is 36.5 Å². The van der Waals surface area contributed by atoms with Crippen LogP contribution >= 0.6 is 0 Å². The van der Waals surface area contributed by atoms with Gasteiger partial charge in [0.25, 0.3) is 5.91 Å². The highest BCUT2D eigenvalue weighted by atomic mass is 16.6. The normalized spacial score (nSPS) is 15.1. The molecular weight excluding hydrogens is 392 g/mol. The molecule has 4 rings (SSSR count). The summed E-state index contributed by atoms with van der Waals surface area (Å²) in [5, 5.41) is 2.73. The Bertz CT molecular complexity index is 1070. The van der Waals surface area contributed by atoms with Gasteiger partial charge in [-0.15, -0.1) is 0 Å². The van der Waals surface area contributed by atoms with Crippen molar-refractivity contribution in [2.24, 2.45) is 0 Å². The highest BCUT2D eigenvalue weighted by molar-refractivity contribution is 5.95. The van der Waals surface area contributed by atoms with Gasteiger partial charge in [0.15, 0.2) is 6.26 Å². The van der Waals surface area contributed by atoms with Crippen LogP contribution in [-0.2, 0) is 9.47 Å². The Hall–Kier alpha value is -3.80. The van der Waals surface area contributed by atoms with E-state index in [1.165, 1.54) is 18.0 Å². The number of ether oxygens (including phenoxy) is 3. The molecular formula is C25H24N2O4. The molecule has 1 amide bonds. The van der Waals surface area contributed by atoms with Gasteiger partial charge in [-0.25, -0.2) is 0 Å². The quantitative estimate of drug-likeness (QED) is 0.669. The van der Waals surface area contributed by atoms with E-state index in [0.717, 1.165) is 29.8 Å². The van der Waals surface area contributed by atoms with Gasteiger partial charge in [0.1, 0.15) is 17.8 Å². The Kier molecular flexibility index (Phi) is 6.47. The average Bonchev–Trinajstić information content (AvgIpc) is 2.80. The smallest absolute Gasteiger partial charge is 0.259 e. The molecule has 1 N–H and O–H groups in total. The molecule has 1 aromatic heterocycles. The van der Waals surface area contributed by atoms with E-state index in [-0.39, 0.29) is 11.8 Å². The van der Waals surface area contributed by atoms with E-state index < -0.39 is 0 Å². The first-order chi connectivity index (χ1) is 15.2. The molecule has 158 valence electrons. The van der Waals surface area contributed by atoms with E-state index in [1.807, 2.05) is 37.3 Å². The van der Waals surface area contributed by atoms with Crippen molar-refractivity contribution in [1.29, 1.82) is 0 Å². The number of benzene rings is 1. The number of carbonyl (C=O) groups is 1. The van der Waals surface area contributed by atoms with E-state index >= 15 is 0 Å². The van der Waals surface area contributed by atoms with Crippen molar-refractivity contribution in [3.8, 4) is 17.0 Å². The number of pyridine rings is 1. The molecule has 0 unspecified atom stereocenters. The van der Waals surface area contributed by atoms with E-state index in [0.29, 0.717) is 24.4 Å². The molecule has 2 aromatic rings. The van der Waals surface area contributed by atoms with E-state index in [1.54, 1.807) is 18.4 Å². The van der Waals surface area contributed by atoms with Crippen LogP contribution in [-0.4, -0.2) is 17.5 Å². The molecule has 31 heavy (non-hydrogen) atoms. The summed E-state index contributed by atoms with van der Waals surface area (Å²) in [7, 11) is 0. The number of aromatic nitrogens is 1. The average molecular weight is 416 g/mol. The van der Waals surface area contributed by atoms with Crippen LogP contribution in [0.4, 0.5) is 0 Å². The summed E-state index contributed by atoms with van der Waals surface area (Å²) in [5.41, 5.74) is 3.37. The topological polar surface area (TPSA) is 69.7 Å². The van der Waals surface area contributed by atoms with Crippen molar-refractivity contribution >= 4 is 5.91 Å². The highest BCUT2D eigenvalue weighted by Gasteiger charge is 2.16. The van der Waals surface area contributed by atoms with Crippen LogP contribution in [0.25, 0.3) is 11.3 Å². The van der Waals surface area contributed by atoms with E-state index in [2.05, 4.69) is 22.5 Å². The number of nitrogens with zero attached hydrogens (tertiary/aromatic N) is 1. The molecule has 0 spiro atoms. The fourth-order valence-electron chi connectivity index (χ4n) is 3.31. The number of nitrogens with one attached hydrogen (secondary N) is 1. The predicted octanol–water partition coefficient (Wildman–Crippen LogP) is 5.23. The van der Waals surface area contributed by atoms with Gasteiger partial charge in [-0.05, 0) is 44.0 Å². The zero-order valence-corrected chi connectivity index (χ0v) is 17.3. The van der Waals surface area contributed by atoms with Crippen molar-refractivity contribution in [3.63, 3.8) is 0 Å². The van der Waals surface area contributed by atoms with Crippen LogP contribution in [0.15, 0.2) is 90.6 Å². The van der Waals surface area contributed by atoms with Gasteiger partial charge in [0.2, 0.25) is 5.88 Å². The largest absolute Gasteiger partial charge is 0.494 e. The Morgan fingerprint density at radius 1 is 1.23 bits per heavy atom. The zero-order valence-electron chi connectivity index (χ0n) is 17.3. The standard InChI is InChI=1S/C25H24N2O4/c1-2-30-21-10-6-9-19(14-21)23-12-11-20(15-26-23)25(28)27-24-17-29-16-22(31-24)13-18-7-4-3-5-8-18/h3-4,6-7,9-12,14-17H,2,5,8,13H2,1H3,(H,27,28). The lowest BCUT2D eigenvalue weighted by Gasteiger charge is -2.18. The fraction of sp³-hybridized carbons (Fsp3) is 0.200. The second-order valence-electron chi connectivity index (χ2n) is 7.12. The monoisotopic (exact) mass is 416 g/mol. The third-order valence-corrected chi connectivity index (χ3v) is 4.82. The van der Waals surface area contributed by atoms with Crippen LogP contribution in [0, 0.1) is 0 Å². The maximum Gasteiger partial charge on any atom is 0.259 e. The Morgan fingerprint density at radius 3 is 2.94 bits per heavy atom. The van der Waals surface area contributed by atoms with E-state index in [4.69, 9.17) is 14.2 Å². The Labute approximate surface area is 181 Å². The number of hydrogen-bond donors (Lipinski definition) is 1. The third-order valence-electron chi connectivity index (χ3n) is 4.82. The molecule has 0 atom stereocenters. The SMILES string of the molecule is CCOc1cccc(-c2ccc(C(=O)NC3=COC=C(CC4=CC=CCC4)O3)cn2)c1. The van der Waals surface area contributed by atoms with Gasteiger partial charge in [-0.3, -0.25) is 15.1 Å². The summed E-state index contributed by atoms with van der Waals surface area (Å²) in [6, 6.07) is 11.2.